The van der Waals surface area contributed by atoms with E-state index in [4.69, 9.17) is 21.1 Å². The Morgan fingerprint density at radius 3 is 2.83 bits per heavy atom. The van der Waals surface area contributed by atoms with Crippen molar-refractivity contribution >= 4 is 17.5 Å². The largest absolute Gasteiger partial charge is 0.454 e. The SMILES string of the molecule is CCCN(CCCl)C(=O)c1ccc2c(c1)OCO2. The second-order valence-electron chi connectivity index (χ2n) is 4.05. The lowest BCUT2D eigenvalue weighted by molar-refractivity contribution is 0.0765. The molecular formula is C13H16ClNO3. The van der Waals surface area contributed by atoms with Gasteiger partial charge in [0.05, 0.1) is 0 Å². The van der Waals surface area contributed by atoms with Crippen molar-refractivity contribution in [2.45, 2.75) is 13.3 Å². The number of halogens is 1. The Morgan fingerprint density at radius 2 is 2.11 bits per heavy atom. The van der Waals surface area contributed by atoms with E-state index in [9.17, 15) is 4.79 Å². The number of nitrogens with zero attached hydrogens (tertiary/aromatic N) is 1. The Labute approximate surface area is 111 Å². The summed E-state index contributed by atoms with van der Waals surface area (Å²) < 4.78 is 10.5. The maximum absolute atomic E-state index is 12.3. The van der Waals surface area contributed by atoms with Gasteiger partial charge in [-0.05, 0) is 24.6 Å². The fourth-order valence-electron chi connectivity index (χ4n) is 1.90. The molecule has 4 nitrogen and oxygen atoms in total. The number of benzene rings is 1. The first-order chi connectivity index (χ1) is 8.76. The standard InChI is InChI=1S/C13H16ClNO3/c1-2-6-15(7-5-14)13(16)10-3-4-11-12(8-10)18-9-17-11/h3-4,8H,2,5-7,9H2,1H3. The van der Waals surface area contributed by atoms with Gasteiger partial charge in [-0.15, -0.1) is 11.6 Å². The molecule has 5 heteroatoms. The molecule has 18 heavy (non-hydrogen) atoms. The number of hydrogen-bond donors (Lipinski definition) is 0. The Bertz CT molecular complexity index is 430. The lowest BCUT2D eigenvalue weighted by Crippen LogP contribution is -2.33. The number of carbonyl (C=O) groups excluding carboxylic acids is 1. The number of carbonyl (C=O) groups is 1. The quantitative estimate of drug-likeness (QED) is 0.771. The molecule has 1 aromatic rings. The van der Waals surface area contributed by atoms with E-state index in [0.717, 1.165) is 6.42 Å². The summed E-state index contributed by atoms with van der Waals surface area (Å²) in [5.41, 5.74) is 0.609. The molecule has 0 N–H and O–H groups in total. The van der Waals surface area contributed by atoms with Crippen LogP contribution >= 0.6 is 11.6 Å². The average Bonchev–Trinajstić information content (AvgIpc) is 2.84. The highest BCUT2D eigenvalue weighted by Gasteiger charge is 2.19. The third kappa shape index (κ3) is 2.70. The molecule has 0 aliphatic carbocycles. The molecule has 1 aliphatic rings. The summed E-state index contributed by atoms with van der Waals surface area (Å²) in [6.45, 7) is 3.52. The monoisotopic (exact) mass is 269 g/mol. The minimum Gasteiger partial charge on any atom is -0.454 e. The third-order valence-electron chi connectivity index (χ3n) is 2.75. The maximum Gasteiger partial charge on any atom is 0.254 e. The first-order valence-electron chi connectivity index (χ1n) is 6.01. The summed E-state index contributed by atoms with van der Waals surface area (Å²) in [5, 5.41) is 0. The zero-order valence-corrected chi connectivity index (χ0v) is 11.1. The maximum atomic E-state index is 12.3. The normalized spacial score (nSPS) is 12.6. The van der Waals surface area contributed by atoms with Crippen molar-refractivity contribution in [1.29, 1.82) is 0 Å². The summed E-state index contributed by atoms with van der Waals surface area (Å²) >= 11 is 5.72. The second-order valence-corrected chi connectivity index (χ2v) is 4.43. The van der Waals surface area contributed by atoms with Crippen LogP contribution in [0.4, 0.5) is 0 Å². The minimum atomic E-state index is -0.0178. The van der Waals surface area contributed by atoms with E-state index in [1.165, 1.54) is 0 Å². The van der Waals surface area contributed by atoms with Gasteiger partial charge < -0.3 is 14.4 Å². The van der Waals surface area contributed by atoms with Gasteiger partial charge in [0.15, 0.2) is 11.5 Å². The van der Waals surface area contributed by atoms with E-state index < -0.39 is 0 Å². The molecule has 0 fully saturated rings. The summed E-state index contributed by atoms with van der Waals surface area (Å²) in [6, 6.07) is 5.24. The van der Waals surface area contributed by atoms with Crippen molar-refractivity contribution in [3.8, 4) is 11.5 Å². The predicted octanol–water partition coefficient (Wildman–Crippen LogP) is 2.51. The Kier molecular flexibility index (Phi) is 4.31. The molecule has 1 amide bonds. The molecule has 2 rings (SSSR count). The van der Waals surface area contributed by atoms with E-state index in [0.29, 0.717) is 36.0 Å². The lowest BCUT2D eigenvalue weighted by atomic mass is 10.1. The van der Waals surface area contributed by atoms with Gasteiger partial charge in [0.1, 0.15) is 0 Å². The van der Waals surface area contributed by atoms with Crippen LogP contribution in [-0.2, 0) is 0 Å². The van der Waals surface area contributed by atoms with Crippen molar-refractivity contribution in [3.63, 3.8) is 0 Å². The minimum absolute atomic E-state index is 0.0178. The topological polar surface area (TPSA) is 38.8 Å². The molecule has 98 valence electrons. The van der Waals surface area contributed by atoms with Crippen molar-refractivity contribution < 1.29 is 14.3 Å². The van der Waals surface area contributed by atoms with Crippen molar-refractivity contribution in [2.24, 2.45) is 0 Å². The molecule has 0 unspecified atom stereocenters. The molecule has 0 spiro atoms. The van der Waals surface area contributed by atoms with Crippen LogP contribution in [0.3, 0.4) is 0 Å². The molecule has 0 radical (unpaired) electrons. The number of rotatable bonds is 5. The van der Waals surface area contributed by atoms with Crippen molar-refractivity contribution in [2.75, 3.05) is 25.8 Å². The van der Waals surface area contributed by atoms with Crippen LogP contribution in [0.1, 0.15) is 23.7 Å². The van der Waals surface area contributed by atoms with Gasteiger partial charge in [0.2, 0.25) is 6.79 Å². The lowest BCUT2D eigenvalue weighted by Gasteiger charge is -2.21. The van der Waals surface area contributed by atoms with Crippen LogP contribution in [0, 0.1) is 0 Å². The molecule has 1 aromatic carbocycles. The summed E-state index contributed by atoms with van der Waals surface area (Å²) in [7, 11) is 0. The summed E-state index contributed by atoms with van der Waals surface area (Å²) in [5.74, 6) is 1.74. The van der Waals surface area contributed by atoms with E-state index in [2.05, 4.69) is 0 Å². The molecular weight excluding hydrogens is 254 g/mol. The molecule has 1 aliphatic heterocycles. The molecule has 0 atom stereocenters. The van der Waals surface area contributed by atoms with Crippen LogP contribution in [0.25, 0.3) is 0 Å². The van der Waals surface area contributed by atoms with Crippen LogP contribution < -0.4 is 9.47 Å². The van der Waals surface area contributed by atoms with Crippen LogP contribution in [0.2, 0.25) is 0 Å². The molecule has 0 saturated carbocycles. The summed E-state index contributed by atoms with van der Waals surface area (Å²) in [4.78, 5) is 14.0. The van der Waals surface area contributed by atoms with Gasteiger partial charge >= 0.3 is 0 Å². The molecule has 1 heterocycles. The fraction of sp³-hybridized carbons (Fsp3) is 0.462. The number of amides is 1. The van der Waals surface area contributed by atoms with Crippen LogP contribution in [0.15, 0.2) is 18.2 Å². The average molecular weight is 270 g/mol. The predicted molar refractivity (Wildman–Crippen MR) is 69.5 cm³/mol. The number of ether oxygens (including phenoxy) is 2. The molecule has 0 saturated heterocycles. The number of hydrogen-bond acceptors (Lipinski definition) is 3. The van der Waals surface area contributed by atoms with Gasteiger partial charge in [-0.25, -0.2) is 0 Å². The van der Waals surface area contributed by atoms with E-state index in [1.54, 1.807) is 23.1 Å². The highest BCUT2D eigenvalue weighted by molar-refractivity contribution is 6.18. The Hall–Kier alpha value is -1.42. The first-order valence-corrected chi connectivity index (χ1v) is 6.54. The zero-order chi connectivity index (χ0) is 13.0. The van der Waals surface area contributed by atoms with E-state index >= 15 is 0 Å². The zero-order valence-electron chi connectivity index (χ0n) is 10.3. The first kappa shape index (κ1) is 13.0. The third-order valence-corrected chi connectivity index (χ3v) is 2.92. The fourth-order valence-corrected chi connectivity index (χ4v) is 2.10. The molecule has 0 aromatic heterocycles. The highest BCUT2D eigenvalue weighted by atomic mass is 35.5. The summed E-state index contributed by atoms with van der Waals surface area (Å²) in [6.07, 6.45) is 0.910. The van der Waals surface area contributed by atoms with E-state index in [-0.39, 0.29) is 12.7 Å². The Morgan fingerprint density at radius 1 is 1.33 bits per heavy atom. The second kappa shape index (κ2) is 5.96. The van der Waals surface area contributed by atoms with Crippen LogP contribution in [0.5, 0.6) is 11.5 Å². The van der Waals surface area contributed by atoms with Gasteiger partial charge in [-0.3, -0.25) is 4.79 Å². The van der Waals surface area contributed by atoms with Gasteiger partial charge in [-0.1, -0.05) is 6.92 Å². The highest BCUT2D eigenvalue weighted by Crippen LogP contribution is 2.32. The Balaban J connectivity index is 2.16. The van der Waals surface area contributed by atoms with Gasteiger partial charge in [-0.2, -0.15) is 0 Å². The van der Waals surface area contributed by atoms with Gasteiger partial charge in [0, 0.05) is 24.5 Å². The number of alkyl halides is 1. The van der Waals surface area contributed by atoms with Crippen molar-refractivity contribution in [3.05, 3.63) is 23.8 Å². The van der Waals surface area contributed by atoms with Crippen LogP contribution in [-0.4, -0.2) is 36.6 Å². The van der Waals surface area contributed by atoms with Crippen molar-refractivity contribution in [1.82, 2.24) is 4.90 Å². The van der Waals surface area contributed by atoms with E-state index in [1.807, 2.05) is 6.92 Å². The van der Waals surface area contributed by atoms with Gasteiger partial charge in [0.25, 0.3) is 5.91 Å². The smallest absolute Gasteiger partial charge is 0.254 e. The molecule has 0 bridgehead atoms. The number of fused-ring (bicyclic) bond motifs is 1.